The molecule has 1 atom stereocenters. The number of carbonyl (C=O) groups is 1. The third kappa shape index (κ3) is 4.63. The fourth-order valence-corrected chi connectivity index (χ4v) is 1.73. The third-order valence-electron chi connectivity index (χ3n) is 2.19. The minimum absolute atomic E-state index is 0.0203. The molecule has 1 aromatic rings. The van der Waals surface area contributed by atoms with Gasteiger partial charge in [0.05, 0.1) is 18.1 Å². The Morgan fingerprint density at radius 3 is 2.82 bits per heavy atom. The van der Waals surface area contributed by atoms with Crippen LogP contribution in [0.4, 0.5) is 0 Å². The molecule has 1 unspecified atom stereocenters. The standard InChI is InChI=1S/C12H17ClN2O2/c1-8(14)7-9-3-2-4-10(13)12(9)17-6-5-11(15)16/h2-4,8H,5-7,14H2,1H3,(H2,15,16). The summed E-state index contributed by atoms with van der Waals surface area (Å²) in [5.41, 5.74) is 11.7. The molecule has 0 heterocycles. The summed E-state index contributed by atoms with van der Waals surface area (Å²) < 4.78 is 5.49. The van der Waals surface area contributed by atoms with Crippen LogP contribution in [0.1, 0.15) is 18.9 Å². The van der Waals surface area contributed by atoms with Crippen molar-refractivity contribution in [1.82, 2.24) is 0 Å². The third-order valence-corrected chi connectivity index (χ3v) is 2.48. The van der Waals surface area contributed by atoms with Crippen LogP contribution in [0.5, 0.6) is 5.75 Å². The van der Waals surface area contributed by atoms with E-state index in [1.165, 1.54) is 0 Å². The van der Waals surface area contributed by atoms with E-state index in [9.17, 15) is 4.79 Å². The second-order valence-corrected chi connectivity index (χ2v) is 4.38. The number of hydrogen-bond donors (Lipinski definition) is 2. The molecule has 4 nitrogen and oxygen atoms in total. The maximum atomic E-state index is 10.6. The number of carbonyl (C=O) groups excluding carboxylic acids is 1. The number of halogens is 1. The van der Waals surface area contributed by atoms with Gasteiger partial charge in [-0.15, -0.1) is 0 Å². The molecule has 0 aliphatic carbocycles. The lowest BCUT2D eigenvalue weighted by molar-refractivity contribution is -0.118. The van der Waals surface area contributed by atoms with Gasteiger partial charge in [0.25, 0.3) is 0 Å². The minimum atomic E-state index is -0.397. The van der Waals surface area contributed by atoms with Crippen molar-refractivity contribution in [3.05, 3.63) is 28.8 Å². The van der Waals surface area contributed by atoms with Gasteiger partial charge in [0.15, 0.2) is 0 Å². The van der Waals surface area contributed by atoms with Gasteiger partial charge in [0.2, 0.25) is 5.91 Å². The van der Waals surface area contributed by atoms with Gasteiger partial charge in [-0.05, 0) is 25.0 Å². The summed E-state index contributed by atoms with van der Waals surface area (Å²) in [6.45, 7) is 2.14. The van der Waals surface area contributed by atoms with Gasteiger partial charge in [0, 0.05) is 6.04 Å². The number of ether oxygens (including phenoxy) is 1. The van der Waals surface area contributed by atoms with Crippen LogP contribution in [-0.2, 0) is 11.2 Å². The SMILES string of the molecule is CC(N)Cc1cccc(Cl)c1OCCC(N)=O. The van der Waals surface area contributed by atoms with Crippen molar-refractivity contribution in [2.75, 3.05) is 6.61 Å². The zero-order valence-electron chi connectivity index (χ0n) is 9.78. The number of para-hydroxylation sites is 1. The molecule has 0 saturated heterocycles. The maximum Gasteiger partial charge on any atom is 0.220 e. The van der Waals surface area contributed by atoms with Gasteiger partial charge >= 0.3 is 0 Å². The summed E-state index contributed by atoms with van der Waals surface area (Å²) in [5, 5.41) is 0.521. The predicted octanol–water partition coefficient (Wildman–Crippen LogP) is 1.48. The Morgan fingerprint density at radius 2 is 2.24 bits per heavy atom. The molecule has 0 saturated carbocycles. The van der Waals surface area contributed by atoms with Crippen molar-refractivity contribution >= 4 is 17.5 Å². The monoisotopic (exact) mass is 256 g/mol. The molecule has 0 aromatic heterocycles. The Kier molecular flexibility index (Phi) is 5.25. The van der Waals surface area contributed by atoms with Crippen LogP contribution in [0, 0.1) is 0 Å². The molecule has 1 rings (SSSR count). The molecule has 4 N–H and O–H groups in total. The Balaban J connectivity index is 2.76. The van der Waals surface area contributed by atoms with Gasteiger partial charge in [-0.25, -0.2) is 0 Å². The second kappa shape index (κ2) is 6.47. The lowest BCUT2D eigenvalue weighted by Crippen LogP contribution is -2.19. The summed E-state index contributed by atoms with van der Waals surface area (Å²) >= 11 is 6.05. The maximum absolute atomic E-state index is 10.6. The predicted molar refractivity (Wildman–Crippen MR) is 68.1 cm³/mol. The first-order chi connectivity index (χ1) is 8.00. The van der Waals surface area contributed by atoms with E-state index >= 15 is 0 Å². The Labute approximate surface area is 106 Å². The van der Waals surface area contributed by atoms with E-state index in [0.717, 1.165) is 5.56 Å². The zero-order chi connectivity index (χ0) is 12.8. The molecule has 0 spiro atoms. The summed E-state index contributed by atoms with van der Waals surface area (Å²) in [5.74, 6) is 0.193. The molecule has 1 amide bonds. The van der Waals surface area contributed by atoms with Crippen molar-refractivity contribution in [3.63, 3.8) is 0 Å². The van der Waals surface area contributed by atoms with Crippen molar-refractivity contribution < 1.29 is 9.53 Å². The van der Waals surface area contributed by atoms with Gasteiger partial charge in [-0.3, -0.25) is 4.79 Å². The first-order valence-electron chi connectivity index (χ1n) is 5.44. The van der Waals surface area contributed by atoms with Crippen molar-refractivity contribution in [3.8, 4) is 5.75 Å². The molecule has 0 aliphatic heterocycles. The van der Waals surface area contributed by atoms with E-state index in [-0.39, 0.29) is 19.1 Å². The lowest BCUT2D eigenvalue weighted by atomic mass is 10.1. The normalized spacial score (nSPS) is 12.2. The number of rotatable bonds is 6. The number of nitrogens with two attached hydrogens (primary N) is 2. The van der Waals surface area contributed by atoms with E-state index in [4.69, 9.17) is 27.8 Å². The van der Waals surface area contributed by atoms with E-state index in [1.807, 2.05) is 19.1 Å². The summed E-state index contributed by atoms with van der Waals surface area (Å²) in [6.07, 6.45) is 0.843. The highest BCUT2D eigenvalue weighted by Gasteiger charge is 2.10. The van der Waals surface area contributed by atoms with Crippen molar-refractivity contribution in [1.29, 1.82) is 0 Å². The van der Waals surface area contributed by atoms with Gasteiger partial charge in [-0.2, -0.15) is 0 Å². The second-order valence-electron chi connectivity index (χ2n) is 3.97. The van der Waals surface area contributed by atoms with Crippen LogP contribution in [0.25, 0.3) is 0 Å². The first kappa shape index (κ1) is 13.8. The average molecular weight is 257 g/mol. The van der Waals surface area contributed by atoms with E-state index in [1.54, 1.807) is 6.07 Å². The fourth-order valence-electron chi connectivity index (χ4n) is 1.48. The van der Waals surface area contributed by atoms with Crippen LogP contribution < -0.4 is 16.2 Å². The average Bonchev–Trinajstić information content (AvgIpc) is 2.21. The molecule has 0 radical (unpaired) electrons. The summed E-state index contributed by atoms with van der Waals surface area (Å²) in [7, 11) is 0. The van der Waals surface area contributed by atoms with E-state index < -0.39 is 5.91 Å². The van der Waals surface area contributed by atoms with Crippen LogP contribution in [0.3, 0.4) is 0 Å². The molecule has 5 heteroatoms. The molecular weight excluding hydrogens is 240 g/mol. The van der Waals surface area contributed by atoms with Crippen LogP contribution in [0.15, 0.2) is 18.2 Å². The highest BCUT2D eigenvalue weighted by Crippen LogP contribution is 2.29. The highest BCUT2D eigenvalue weighted by molar-refractivity contribution is 6.32. The number of hydrogen-bond acceptors (Lipinski definition) is 3. The van der Waals surface area contributed by atoms with Gasteiger partial charge in [-0.1, -0.05) is 23.7 Å². The Morgan fingerprint density at radius 1 is 1.53 bits per heavy atom. The summed E-state index contributed by atoms with van der Waals surface area (Å²) in [6, 6.07) is 5.52. The summed E-state index contributed by atoms with van der Waals surface area (Å²) in [4.78, 5) is 10.6. The molecule has 94 valence electrons. The molecule has 0 aliphatic rings. The molecule has 1 aromatic carbocycles. The van der Waals surface area contributed by atoms with E-state index in [0.29, 0.717) is 17.2 Å². The molecule has 0 fully saturated rings. The van der Waals surface area contributed by atoms with Gasteiger partial charge in [0.1, 0.15) is 5.75 Å². The fraction of sp³-hybridized carbons (Fsp3) is 0.417. The molecular formula is C12H17ClN2O2. The zero-order valence-corrected chi connectivity index (χ0v) is 10.5. The number of primary amides is 1. The topological polar surface area (TPSA) is 78.3 Å². The lowest BCUT2D eigenvalue weighted by Gasteiger charge is -2.14. The Bertz CT molecular complexity index is 394. The quantitative estimate of drug-likeness (QED) is 0.809. The molecule has 17 heavy (non-hydrogen) atoms. The largest absolute Gasteiger partial charge is 0.491 e. The molecule has 0 bridgehead atoms. The van der Waals surface area contributed by atoms with Crippen molar-refractivity contribution in [2.45, 2.75) is 25.8 Å². The Hall–Kier alpha value is -1.26. The van der Waals surface area contributed by atoms with Crippen molar-refractivity contribution in [2.24, 2.45) is 11.5 Å². The first-order valence-corrected chi connectivity index (χ1v) is 5.82. The smallest absolute Gasteiger partial charge is 0.220 e. The van der Waals surface area contributed by atoms with Gasteiger partial charge < -0.3 is 16.2 Å². The minimum Gasteiger partial charge on any atom is -0.491 e. The van der Waals surface area contributed by atoms with Crippen LogP contribution >= 0.6 is 11.6 Å². The number of amides is 1. The highest BCUT2D eigenvalue weighted by atomic mass is 35.5. The van der Waals surface area contributed by atoms with E-state index in [2.05, 4.69) is 0 Å². The van der Waals surface area contributed by atoms with Crippen LogP contribution in [0.2, 0.25) is 5.02 Å². The number of benzene rings is 1. The van der Waals surface area contributed by atoms with Crippen LogP contribution in [-0.4, -0.2) is 18.6 Å².